The van der Waals surface area contributed by atoms with Crippen LogP contribution in [0.1, 0.15) is 47.8 Å². The number of benzene rings is 3. The summed E-state index contributed by atoms with van der Waals surface area (Å²) in [7, 11) is 0. The monoisotopic (exact) mass is 604 g/mol. The van der Waals surface area contributed by atoms with Crippen molar-refractivity contribution in [2.75, 3.05) is 6.54 Å². The van der Waals surface area contributed by atoms with Crippen LogP contribution in [0.2, 0.25) is 10.0 Å². The van der Waals surface area contributed by atoms with Gasteiger partial charge in [0.2, 0.25) is 0 Å². The molecule has 0 spiro atoms. The average molecular weight is 606 g/mol. The van der Waals surface area contributed by atoms with Gasteiger partial charge in [-0.05, 0) is 74.7 Å². The van der Waals surface area contributed by atoms with Crippen molar-refractivity contribution in [2.45, 2.75) is 45.9 Å². The molecular formula is C28H27BrCl2N2O4. The molecule has 0 bridgehead atoms. The highest BCUT2D eigenvalue weighted by molar-refractivity contribution is 9.10. The van der Waals surface area contributed by atoms with Crippen LogP contribution in [-0.2, 0) is 24.2 Å². The molecule has 37 heavy (non-hydrogen) atoms. The predicted octanol–water partition coefficient (Wildman–Crippen LogP) is 7.77. The van der Waals surface area contributed by atoms with Crippen molar-refractivity contribution in [2.24, 2.45) is 0 Å². The smallest absolute Gasteiger partial charge is 0.410 e. The van der Waals surface area contributed by atoms with Crippen LogP contribution >= 0.6 is 39.1 Å². The van der Waals surface area contributed by atoms with Crippen LogP contribution in [0.4, 0.5) is 4.79 Å². The molecule has 3 aromatic rings. The van der Waals surface area contributed by atoms with E-state index in [2.05, 4.69) is 21.2 Å². The number of amides is 2. The molecular weight excluding hydrogens is 579 g/mol. The molecule has 0 fully saturated rings. The van der Waals surface area contributed by atoms with Crippen LogP contribution in [0, 0.1) is 0 Å². The molecule has 9 heteroatoms. The zero-order valence-electron chi connectivity index (χ0n) is 20.7. The van der Waals surface area contributed by atoms with Crippen LogP contribution in [0.3, 0.4) is 0 Å². The van der Waals surface area contributed by atoms with E-state index in [-0.39, 0.29) is 18.5 Å². The van der Waals surface area contributed by atoms with Gasteiger partial charge in [-0.15, -0.1) is 0 Å². The van der Waals surface area contributed by atoms with E-state index in [9.17, 15) is 9.59 Å². The number of ether oxygens (including phenoxy) is 2. The van der Waals surface area contributed by atoms with Gasteiger partial charge in [-0.3, -0.25) is 4.79 Å². The quantitative estimate of drug-likeness (QED) is 0.322. The Morgan fingerprint density at radius 1 is 1.00 bits per heavy atom. The molecule has 0 radical (unpaired) electrons. The molecule has 1 N–H and O–H groups in total. The lowest BCUT2D eigenvalue weighted by Gasteiger charge is -2.31. The highest BCUT2D eigenvalue weighted by Gasteiger charge is 2.26. The van der Waals surface area contributed by atoms with Gasteiger partial charge in [0.25, 0.3) is 5.91 Å². The second kappa shape index (κ2) is 11.3. The number of carbonyl (C=O) groups is 2. The van der Waals surface area contributed by atoms with Crippen LogP contribution < -0.4 is 10.1 Å². The van der Waals surface area contributed by atoms with Gasteiger partial charge in [0.1, 0.15) is 17.1 Å². The van der Waals surface area contributed by atoms with Gasteiger partial charge in [0, 0.05) is 41.3 Å². The molecule has 0 aromatic heterocycles. The van der Waals surface area contributed by atoms with E-state index in [4.69, 9.17) is 32.7 Å². The van der Waals surface area contributed by atoms with Gasteiger partial charge in [-0.1, -0.05) is 51.3 Å². The van der Waals surface area contributed by atoms with Crippen LogP contribution in [0.15, 0.2) is 59.1 Å². The van der Waals surface area contributed by atoms with Crippen LogP contribution in [-0.4, -0.2) is 29.0 Å². The van der Waals surface area contributed by atoms with Gasteiger partial charge in [0.15, 0.2) is 0 Å². The first-order chi connectivity index (χ1) is 17.5. The summed E-state index contributed by atoms with van der Waals surface area (Å²) in [6, 6.07) is 16.2. The Morgan fingerprint density at radius 3 is 2.51 bits per heavy atom. The Bertz CT molecular complexity index is 1340. The lowest BCUT2D eigenvalue weighted by Crippen LogP contribution is -2.40. The van der Waals surface area contributed by atoms with Gasteiger partial charge < -0.3 is 19.7 Å². The summed E-state index contributed by atoms with van der Waals surface area (Å²) < 4.78 is 12.4. The lowest BCUT2D eigenvalue weighted by molar-refractivity contribution is 0.0223. The first kappa shape index (κ1) is 27.3. The Balaban J connectivity index is 1.42. The van der Waals surface area contributed by atoms with Gasteiger partial charge in [-0.25, -0.2) is 4.79 Å². The van der Waals surface area contributed by atoms with E-state index in [0.717, 1.165) is 21.2 Å². The van der Waals surface area contributed by atoms with E-state index in [0.29, 0.717) is 46.6 Å². The van der Waals surface area contributed by atoms with Crippen molar-refractivity contribution in [1.82, 2.24) is 10.2 Å². The van der Waals surface area contributed by atoms with Crippen molar-refractivity contribution in [3.63, 3.8) is 0 Å². The molecule has 194 valence electrons. The SMILES string of the molecule is CC(C)(C)OC(=O)N1CCc2cc(C(=O)NCc3ccc(Br)cc3Oc3ccc(Cl)c(Cl)c3)ccc2C1. The minimum Gasteiger partial charge on any atom is -0.457 e. The number of carbonyl (C=O) groups excluding carboxylic acids is 2. The number of rotatable bonds is 5. The molecule has 1 heterocycles. The standard InChI is InChI=1S/C28H27BrCl2N2O4/c1-28(2,3)37-27(35)33-11-10-17-12-18(4-5-20(17)16-33)26(34)32-15-19-6-7-21(29)13-25(19)36-22-8-9-23(30)24(31)14-22/h4-9,12-14H,10-11,15-16H2,1-3H3,(H,32,34). The topological polar surface area (TPSA) is 67.9 Å². The Kier molecular flexibility index (Phi) is 8.36. The van der Waals surface area contributed by atoms with Crippen LogP contribution in [0.25, 0.3) is 0 Å². The molecule has 6 nitrogen and oxygen atoms in total. The fourth-order valence-electron chi connectivity index (χ4n) is 3.89. The summed E-state index contributed by atoms with van der Waals surface area (Å²) in [5.41, 5.74) is 2.89. The summed E-state index contributed by atoms with van der Waals surface area (Å²) in [5.74, 6) is 0.928. The minimum atomic E-state index is -0.541. The molecule has 3 aromatic carbocycles. The van der Waals surface area contributed by atoms with Crippen molar-refractivity contribution in [3.8, 4) is 11.5 Å². The average Bonchev–Trinajstić information content (AvgIpc) is 2.84. The molecule has 0 aliphatic carbocycles. The molecule has 4 rings (SSSR count). The van der Waals surface area contributed by atoms with Crippen molar-refractivity contribution < 1.29 is 19.1 Å². The molecule has 0 saturated carbocycles. The number of halogens is 3. The predicted molar refractivity (Wildman–Crippen MR) is 149 cm³/mol. The van der Waals surface area contributed by atoms with Crippen molar-refractivity contribution in [3.05, 3.63) is 91.4 Å². The Labute approximate surface area is 235 Å². The number of nitrogens with one attached hydrogen (secondary N) is 1. The maximum absolute atomic E-state index is 13.0. The summed E-state index contributed by atoms with van der Waals surface area (Å²) in [6.45, 7) is 6.83. The Hall–Kier alpha value is -2.74. The zero-order chi connectivity index (χ0) is 26.7. The summed E-state index contributed by atoms with van der Waals surface area (Å²) in [5, 5.41) is 3.81. The zero-order valence-corrected chi connectivity index (χ0v) is 23.8. The second-order valence-electron chi connectivity index (χ2n) is 9.75. The third-order valence-electron chi connectivity index (χ3n) is 5.72. The first-order valence-electron chi connectivity index (χ1n) is 11.8. The maximum atomic E-state index is 13.0. The van der Waals surface area contributed by atoms with E-state index in [1.807, 2.05) is 51.1 Å². The summed E-state index contributed by atoms with van der Waals surface area (Å²) >= 11 is 15.6. The fraction of sp³-hybridized carbons (Fsp3) is 0.286. The van der Waals surface area contributed by atoms with Gasteiger partial charge >= 0.3 is 6.09 Å². The molecule has 0 unspecified atom stereocenters. The first-order valence-corrected chi connectivity index (χ1v) is 13.3. The lowest BCUT2D eigenvalue weighted by atomic mass is 9.97. The minimum absolute atomic E-state index is 0.194. The highest BCUT2D eigenvalue weighted by atomic mass is 79.9. The largest absolute Gasteiger partial charge is 0.457 e. The van der Waals surface area contributed by atoms with Crippen molar-refractivity contribution >= 4 is 51.1 Å². The number of hydrogen-bond donors (Lipinski definition) is 1. The fourth-order valence-corrected chi connectivity index (χ4v) is 4.52. The molecule has 1 aliphatic rings. The molecule has 2 amide bonds. The van der Waals surface area contributed by atoms with E-state index < -0.39 is 5.60 Å². The van der Waals surface area contributed by atoms with Gasteiger partial charge in [0.05, 0.1) is 10.0 Å². The number of nitrogens with zero attached hydrogens (tertiary/aromatic N) is 1. The summed E-state index contributed by atoms with van der Waals surface area (Å²) in [4.78, 5) is 27.1. The molecule has 1 aliphatic heterocycles. The second-order valence-corrected chi connectivity index (χ2v) is 11.5. The normalized spacial score (nSPS) is 13.1. The maximum Gasteiger partial charge on any atom is 0.410 e. The third kappa shape index (κ3) is 7.18. The Morgan fingerprint density at radius 2 is 1.78 bits per heavy atom. The van der Waals surface area contributed by atoms with Gasteiger partial charge in [-0.2, -0.15) is 0 Å². The van der Waals surface area contributed by atoms with Crippen LogP contribution in [0.5, 0.6) is 11.5 Å². The van der Waals surface area contributed by atoms with Crippen molar-refractivity contribution in [1.29, 1.82) is 0 Å². The highest BCUT2D eigenvalue weighted by Crippen LogP contribution is 2.32. The van der Waals surface area contributed by atoms with E-state index in [1.165, 1.54) is 0 Å². The van der Waals surface area contributed by atoms with E-state index in [1.54, 1.807) is 29.2 Å². The summed E-state index contributed by atoms with van der Waals surface area (Å²) in [6.07, 6.45) is 0.331. The third-order valence-corrected chi connectivity index (χ3v) is 6.95. The van der Waals surface area contributed by atoms with E-state index >= 15 is 0 Å². The molecule has 0 atom stereocenters. The number of hydrogen-bond acceptors (Lipinski definition) is 4. The number of fused-ring (bicyclic) bond motifs is 1. The molecule has 0 saturated heterocycles.